The lowest BCUT2D eigenvalue weighted by Gasteiger charge is -2.09. The SMILES string of the molecule is O=[N+]([O-])c1cccc(Nc2ncnc(NCc3ccco3)c2[N+](=O)[O-])c1. The third-order valence-electron chi connectivity index (χ3n) is 3.33. The lowest BCUT2D eigenvalue weighted by molar-refractivity contribution is -0.384. The molecule has 0 aliphatic rings. The van der Waals surface area contributed by atoms with Gasteiger partial charge in [-0.2, -0.15) is 0 Å². The van der Waals surface area contributed by atoms with Crippen molar-refractivity contribution in [2.45, 2.75) is 6.54 Å². The van der Waals surface area contributed by atoms with Crippen LogP contribution in [0.25, 0.3) is 0 Å². The molecule has 0 radical (unpaired) electrons. The Morgan fingerprint density at radius 3 is 2.54 bits per heavy atom. The fraction of sp³-hybridized carbons (Fsp3) is 0.0667. The Morgan fingerprint density at radius 2 is 1.85 bits per heavy atom. The summed E-state index contributed by atoms with van der Waals surface area (Å²) in [5.74, 6) is 0.480. The number of nitrogens with zero attached hydrogens (tertiary/aromatic N) is 4. The first-order chi connectivity index (χ1) is 12.5. The second-order valence-corrected chi connectivity index (χ2v) is 5.04. The quantitative estimate of drug-likeness (QED) is 0.480. The van der Waals surface area contributed by atoms with Crippen LogP contribution in [0.4, 0.5) is 28.7 Å². The van der Waals surface area contributed by atoms with E-state index in [1.165, 1.54) is 30.5 Å². The highest BCUT2D eigenvalue weighted by molar-refractivity contribution is 5.74. The predicted molar refractivity (Wildman–Crippen MR) is 91.1 cm³/mol. The molecular weight excluding hydrogens is 344 g/mol. The molecule has 0 aliphatic carbocycles. The molecule has 2 N–H and O–H groups in total. The molecule has 11 nitrogen and oxygen atoms in total. The number of aromatic nitrogens is 2. The second-order valence-electron chi connectivity index (χ2n) is 5.04. The normalized spacial score (nSPS) is 10.3. The first-order valence-corrected chi connectivity index (χ1v) is 7.31. The molecule has 0 saturated heterocycles. The van der Waals surface area contributed by atoms with Crippen LogP contribution in [-0.2, 0) is 6.54 Å². The first-order valence-electron chi connectivity index (χ1n) is 7.31. The van der Waals surface area contributed by atoms with Gasteiger partial charge in [-0.3, -0.25) is 20.2 Å². The van der Waals surface area contributed by atoms with Crippen LogP contribution in [-0.4, -0.2) is 19.8 Å². The van der Waals surface area contributed by atoms with Gasteiger partial charge in [0.25, 0.3) is 5.69 Å². The molecule has 0 unspecified atom stereocenters. The fourth-order valence-corrected chi connectivity index (χ4v) is 2.19. The van der Waals surface area contributed by atoms with Gasteiger partial charge in [0.15, 0.2) is 0 Å². The number of nitro groups is 2. The number of nitro benzene ring substituents is 1. The lowest BCUT2D eigenvalue weighted by atomic mass is 10.2. The smallest absolute Gasteiger partial charge is 0.353 e. The van der Waals surface area contributed by atoms with E-state index < -0.39 is 9.85 Å². The predicted octanol–water partition coefficient (Wildman–Crippen LogP) is 3.24. The van der Waals surface area contributed by atoms with Gasteiger partial charge >= 0.3 is 5.69 Å². The van der Waals surface area contributed by atoms with Crippen molar-refractivity contribution >= 4 is 28.7 Å². The first kappa shape index (κ1) is 16.8. The number of anilines is 3. The summed E-state index contributed by atoms with van der Waals surface area (Å²) >= 11 is 0. The summed E-state index contributed by atoms with van der Waals surface area (Å²) in [6.45, 7) is 0.196. The zero-order chi connectivity index (χ0) is 18.5. The summed E-state index contributed by atoms with van der Waals surface area (Å²) in [6.07, 6.45) is 2.64. The van der Waals surface area contributed by atoms with Crippen LogP contribution in [0.3, 0.4) is 0 Å². The molecule has 0 fully saturated rings. The van der Waals surface area contributed by atoms with Crippen molar-refractivity contribution in [1.82, 2.24) is 9.97 Å². The van der Waals surface area contributed by atoms with Crippen LogP contribution in [0, 0.1) is 20.2 Å². The Balaban J connectivity index is 1.89. The molecule has 0 atom stereocenters. The number of hydrogen-bond donors (Lipinski definition) is 2. The van der Waals surface area contributed by atoms with Crippen LogP contribution >= 0.6 is 0 Å². The maximum Gasteiger partial charge on any atom is 0.353 e. The molecule has 3 rings (SSSR count). The highest BCUT2D eigenvalue weighted by Gasteiger charge is 2.23. The largest absolute Gasteiger partial charge is 0.467 e. The monoisotopic (exact) mass is 356 g/mol. The van der Waals surface area contributed by atoms with E-state index in [2.05, 4.69) is 20.6 Å². The second kappa shape index (κ2) is 7.25. The summed E-state index contributed by atoms with van der Waals surface area (Å²) in [4.78, 5) is 28.9. The molecule has 2 aromatic heterocycles. The van der Waals surface area contributed by atoms with E-state index in [-0.39, 0.29) is 35.2 Å². The average Bonchev–Trinajstić information content (AvgIpc) is 3.13. The van der Waals surface area contributed by atoms with E-state index in [9.17, 15) is 20.2 Å². The number of hydrogen-bond acceptors (Lipinski definition) is 9. The Kier molecular flexibility index (Phi) is 4.69. The molecule has 0 bridgehead atoms. The Labute approximate surface area is 146 Å². The minimum absolute atomic E-state index is 0.00525. The molecule has 1 aromatic carbocycles. The van der Waals surface area contributed by atoms with Crippen LogP contribution in [0.15, 0.2) is 53.4 Å². The van der Waals surface area contributed by atoms with E-state index in [4.69, 9.17) is 4.42 Å². The lowest BCUT2D eigenvalue weighted by Crippen LogP contribution is -2.08. The van der Waals surface area contributed by atoms with Gasteiger partial charge in [-0.25, -0.2) is 9.97 Å². The highest BCUT2D eigenvalue weighted by Crippen LogP contribution is 2.32. The van der Waals surface area contributed by atoms with Gasteiger partial charge in [0.05, 0.1) is 22.7 Å². The summed E-state index contributed by atoms with van der Waals surface area (Å²) in [7, 11) is 0. The summed E-state index contributed by atoms with van der Waals surface area (Å²) in [5, 5.41) is 27.9. The van der Waals surface area contributed by atoms with E-state index in [1.807, 2.05) is 0 Å². The number of non-ortho nitro benzene ring substituents is 1. The molecule has 3 aromatic rings. The van der Waals surface area contributed by atoms with Gasteiger partial charge in [0.1, 0.15) is 12.1 Å². The minimum atomic E-state index is -0.635. The minimum Gasteiger partial charge on any atom is -0.467 e. The molecular formula is C15H12N6O5. The van der Waals surface area contributed by atoms with Crippen molar-refractivity contribution in [3.05, 3.63) is 75.0 Å². The maximum absolute atomic E-state index is 11.5. The Bertz CT molecular complexity index is 943. The van der Waals surface area contributed by atoms with Crippen LogP contribution in [0.1, 0.15) is 5.76 Å². The highest BCUT2D eigenvalue weighted by atomic mass is 16.6. The van der Waals surface area contributed by atoms with Gasteiger partial charge < -0.3 is 15.1 Å². The van der Waals surface area contributed by atoms with Crippen LogP contribution in [0.2, 0.25) is 0 Å². The van der Waals surface area contributed by atoms with Crippen molar-refractivity contribution in [2.24, 2.45) is 0 Å². The van der Waals surface area contributed by atoms with Gasteiger partial charge in [-0.1, -0.05) is 6.07 Å². The van der Waals surface area contributed by atoms with Gasteiger partial charge in [-0.05, 0) is 18.2 Å². The summed E-state index contributed by atoms with van der Waals surface area (Å²) < 4.78 is 5.16. The van der Waals surface area contributed by atoms with Crippen LogP contribution < -0.4 is 10.6 Å². The van der Waals surface area contributed by atoms with Gasteiger partial charge in [-0.15, -0.1) is 0 Å². The molecule has 132 valence electrons. The van der Waals surface area contributed by atoms with E-state index in [0.717, 1.165) is 6.33 Å². The van der Waals surface area contributed by atoms with Gasteiger partial charge in [0.2, 0.25) is 11.6 Å². The van der Waals surface area contributed by atoms with E-state index in [1.54, 1.807) is 12.1 Å². The molecule has 0 amide bonds. The third-order valence-corrected chi connectivity index (χ3v) is 3.33. The van der Waals surface area contributed by atoms with Gasteiger partial charge in [0, 0.05) is 17.8 Å². The number of benzene rings is 1. The zero-order valence-corrected chi connectivity index (χ0v) is 13.2. The number of rotatable bonds is 7. The molecule has 26 heavy (non-hydrogen) atoms. The summed E-state index contributed by atoms with van der Waals surface area (Å²) in [6, 6.07) is 8.97. The van der Waals surface area contributed by atoms with Crippen molar-refractivity contribution in [2.75, 3.05) is 10.6 Å². The topological polar surface area (TPSA) is 149 Å². The standard InChI is InChI=1S/C15H12N6O5/c22-20(23)11-4-1-3-10(7-11)19-15-13(21(24)25)14(17-9-18-15)16-8-12-5-2-6-26-12/h1-7,9H,8H2,(H2,16,17,18,19). The Hall–Kier alpha value is -4.02. The van der Waals surface area contributed by atoms with Crippen LogP contribution in [0.5, 0.6) is 0 Å². The maximum atomic E-state index is 11.5. The Morgan fingerprint density at radius 1 is 1.04 bits per heavy atom. The van der Waals surface area contributed by atoms with E-state index in [0.29, 0.717) is 5.76 Å². The number of nitrogens with one attached hydrogen (secondary N) is 2. The zero-order valence-electron chi connectivity index (χ0n) is 13.2. The van der Waals surface area contributed by atoms with E-state index >= 15 is 0 Å². The molecule has 0 saturated carbocycles. The third kappa shape index (κ3) is 3.72. The fourth-order valence-electron chi connectivity index (χ4n) is 2.19. The summed E-state index contributed by atoms with van der Waals surface area (Å²) in [5.41, 5.74) is -0.244. The van der Waals surface area contributed by atoms with Crippen molar-refractivity contribution in [1.29, 1.82) is 0 Å². The molecule has 2 heterocycles. The van der Waals surface area contributed by atoms with Crippen molar-refractivity contribution < 1.29 is 14.3 Å². The average molecular weight is 356 g/mol. The number of furan rings is 1. The molecule has 11 heteroatoms. The van der Waals surface area contributed by atoms with Crippen molar-refractivity contribution in [3.8, 4) is 0 Å². The molecule has 0 spiro atoms. The molecule has 0 aliphatic heterocycles. The van der Waals surface area contributed by atoms with Crippen molar-refractivity contribution in [3.63, 3.8) is 0 Å².